The van der Waals surface area contributed by atoms with Gasteiger partial charge in [-0.05, 0) is 36.6 Å². The number of benzene rings is 2. The summed E-state index contributed by atoms with van der Waals surface area (Å²) < 4.78 is 0. The van der Waals surface area contributed by atoms with Gasteiger partial charge in [0, 0.05) is 15.8 Å². The van der Waals surface area contributed by atoms with E-state index in [-0.39, 0.29) is 5.91 Å². The fourth-order valence-electron chi connectivity index (χ4n) is 2.28. The van der Waals surface area contributed by atoms with Crippen LogP contribution in [0.15, 0.2) is 58.3 Å². The maximum atomic E-state index is 12.4. The first-order valence-electron chi connectivity index (χ1n) is 7.26. The zero-order valence-corrected chi connectivity index (χ0v) is 13.1. The summed E-state index contributed by atoms with van der Waals surface area (Å²) in [6, 6.07) is 17.5. The number of nitrogens with one attached hydrogen (secondary N) is 1. The van der Waals surface area contributed by atoms with Crippen LogP contribution in [0.1, 0.15) is 29.3 Å². The molecule has 1 fully saturated rings. The molecule has 22 heavy (non-hydrogen) atoms. The number of hydrogen-bond donors (Lipinski definition) is 1. The number of rotatable bonds is 4. The minimum Gasteiger partial charge on any atom is -0.349 e. The molecule has 1 saturated carbocycles. The van der Waals surface area contributed by atoms with Crippen molar-refractivity contribution < 1.29 is 4.79 Å². The van der Waals surface area contributed by atoms with E-state index in [4.69, 9.17) is 0 Å². The fraction of sp³-hybridized carbons (Fsp3) is 0.222. The molecule has 2 unspecified atom stereocenters. The van der Waals surface area contributed by atoms with Crippen LogP contribution >= 0.6 is 11.8 Å². The van der Waals surface area contributed by atoms with Gasteiger partial charge in [0.05, 0.1) is 11.1 Å². The van der Waals surface area contributed by atoms with Crippen LogP contribution in [0.25, 0.3) is 0 Å². The molecule has 4 heteroatoms. The van der Waals surface area contributed by atoms with Crippen LogP contribution in [0.5, 0.6) is 0 Å². The predicted molar refractivity (Wildman–Crippen MR) is 86.8 cm³/mol. The van der Waals surface area contributed by atoms with Crippen molar-refractivity contribution in [3.05, 3.63) is 59.7 Å². The van der Waals surface area contributed by atoms with E-state index in [1.165, 1.54) is 11.8 Å². The first-order chi connectivity index (χ1) is 10.7. The van der Waals surface area contributed by atoms with Gasteiger partial charge in [-0.2, -0.15) is 5.26 Å². The van der Waals surface area contributed by atoms with Gasteiger partial charge in [0.1, 0.15) is 6.07 Å². The molecule has 0 aromatic heterocycles. The molecule has 3 rings (SSSR count). The summed E-state index contributed by atoms with van der Waals surface area (Å²) in [5.74, 6) is 0.537. The smallest absolute Gasteiger partial charge is 0.252 e. The molecule has 0 bridgehead atoms. The largest absolute Gasteiger partial charge is 0.349 e. The number of amides is 1. The highest BCUT2D eigenvalue weighted by molar-refractivity contribution is 7.99. The minimum absolute atomic E-state index is 0.0353. The Kier molecular flexibility index (Phi) is 4.17. The maximum Gasteiger partial charge on any atom is 0.252 e. The van der Waals surface area contributed by atoms with E-state index in [9.17, 15) is 10.1 Å². The number of nitrogens with zero attached hydrogens (tertiary/aromatic N) is 1. The molecule has 0 heterocycles. The second kappa shape index (κ2) is 6.25. The van der Waals surface area contributed by atoms with Crippen LogP contribution in [-0.4, -0.2) is 11.9 Å². The third-order valence-electron chi connectivity index (χ3n) is 3.79. The summed E-state index contributed by atoms with van der Waals surface area (Å²) in [7, 11) is 0. The van der Waals surface area contributed by atoms with E-state index in [2.05, 4.69) is 18.3 Å². The van der Waals surface area contributed by atoms with Crippen molar-refractivity contribution in [1.29, 1.82) is 5.26 Å². The van der Waals surface area contributed by atoms with E-state index in [0.717, 1.165) is 16.2 Å². The number of carbonyl (C=O) groups excluding carboxylic acids is 1. The third-order valence-corrected chi connectivity index (χ3v) is 4.94. The summed E-state index contributed by atoms with van der Waals surface area (Å²) in [5.41, 5.74) is 1.29. The molecular weight excluding hydrogens is 292 g/mol. The highest BCUT2D eigenvalue weighted by Gasteiger charge is 2.34. The van der Waals surface area contributed by atoms with Crippen molar-refractivity contribution in [3.8, 4) is 6.07 Å². The molecule has 2 aromatic carbocycles. The van der Waals surface area contributed by atoms with Gasteiger partial charge in [0.25, 0.3) is 5.91 Å². The average Bonchev–Trinajstić information content (AvgIpc) is 3.23. The van der Waals surface area contributed by atoms with Gasteiger partial charge in [0.2, 0.25) is 0 Å². The second-order valence-corrected chi connectivity index (χ2v) is 6.58. The molecule has 2 aromatic rings. The predicted octanol–water partition coefficient (Wildman–Crippen LogP) is 3.85. The van der Waals surface area contributed by atoms with E-state index in [0.29, 0.717) is 23.1 Å². The Labute approximate surface area is 134 Å². The van der Waals surface area contributed by atoms with Crippen LogP contribution in [-0.2, 0) is 0 Å². The number of nitriles is 1. The van der Waals surface area contributed by atoms with Crippen LogP contribution in [0.2, 0.25) is 0 Å². The van der Waals surface area contributed by atoms with Crippen LogP contribution in [0.4, 0.5) is 0 Å². The van der Waals surface area contributed by atoms with E-state index in [1.807, 2.05) is 42.5 Å². The lowest BCUT2D eigenvalue weighted by Gasteiger charge is -2.10. The molecule has 1 N–H and O–H groups in total. The first-order valence-corrected chi connectivity index (χ1v) is 8.07. The van der Waals surface area contributed by atoms with E-state index in [1.54, 1.807) is 6.07 Å². The highest BCUT2D eigenvalue weighted by Crippen LogP contribution is 2.34. The Hall–Kier alpha value is -2.25. The normalized spacial score (nSPS) is 19.3. The summed E-state index contributed by atoms with van der Waals surface area (Å²) in [5, 5.41) is 12.2. The summed E-state index contributed by atoms with van der Waals surface area (Å²) in [6.45, 7) is 2.13. The Balaban J connectivity index is 1.85. The zero-order valence-electron chi connectivity index (χ0n) is 12.2. The number of hydrogen-bond acceptors (Lipinski definition) is 3. The van der Waals surface area contributed by atoms with E-state index < -0.39 is 0 Å². The van der Waals surface area contributed by atoms with Crippen molar-refractivity contribution in [2.45, 2.75) is 29.2 Å². The van der Waals surface area contributed by atoms with Crippen LogP contribution < -0.4 is 5.32 Å². The topological polar surface area (TPSA) is 52.9 Å². The quantitative estimate of drug-likeness (QED) is 0.933. The maximum absolute atomic E-state index is 12.4. The Morgan fingerprint density at radius 1 is 1.18 bits per heavy atom. The third kappa shape index (κ3) is 3.15. The monoisotopic (exact) mass is 308 g/mol. The van der Waals surface area contributed by atoms with Crippen LogP contribution in [0, 0.1) is 17.2 Å². The van der Waals surface area contributed by atoms with Crippen molar-refractivity contribution in [2.75, 3.05) is 0 Å². The minimum atomic E-state index is -0.0353. The van der Waals surface area contributed by atoms with Gasteiger partial charge in [0.15, 0.2) is 0 Å². The van der Waals surface area contributed by atoms with Crippen molar-refractivity contribution in [2.24, 2.45) is 5.92 Å². The molecule has 3 nitrogen and oxygen atoms in total. The SMILES string of the molecule is CC1CC1NC(=O)c1ccccc1Sc1ccccc1C#N. The van der Waals surface area contributed by atoms with E-state index >= 15 is 0 Å². The van der Waals surface area contributed by atoms with Gasteiger partial charge in [-0.3, -0.25) is 4.79 Å². The van der Waals surface area contributed by atoms with Gasteiger partial charge in [-0.25, -0.2) is 0 Å². The Morgan fingerprint density at radius 2 is 1.82 bits per heavy atom. The second-order valence-electron chi connectivity index (χ2n) is 5.50. The van der Waals surface area contributed by atoms with Crippen molar-refractivity contribution in [3.63, 3.8) is 0 Å². The lowest BCUT2D eigenvalue weighted by Crippen LogP contribution is -2.26. The van der Waals surface area contributed by atoms with Gasteiger partial charge in [-0.15, -0.1) is 0 Å². The summed E-state index contributed by atoms with van der Waals surface area (Å²) in [4.78, 5) is 14.2. The van der Waals surface area contributed by atoms with Gasteiger partial charge in [-0.1, -0.05) is 43.0 Å². The molecule has 0 radical (unpaired) electrons. The molecule has 1 amide bonds. The number of carbonyl (C=O) groups is 1. The summed E-state index contributed by atoms with van der Waals surface area (Å²) >= 11 is 1.46. The van der Waals surface area contributed by atoms with Crippen molar-refractivity contribution >= 4 is 17.7 Å². The molecular formula is C18H16N2OS. The van der Waals surface area contributed by atoms with Crippen LogP contribution in [0.3, 0.4) is 0 Å². The lowest BCUT2D eigenvalue weighted by molar-refractivity contribution is 0.0946. The molecule has 1 aliphatic rings. The molecule has 0 aliphatic heterocycles. The van der Waals surface area contributed by atoms with Gasteiger partial charge >= 0.3 is 0 Å². The summed E-state index contributed by atoms with van der Waals surface area (Å²) in [6.07, 6.45) is 1.05. The average molecular weight is 308 g/mol. The standard InChI is InChI=1S/C18H16N2OS/c1-12-10-15(12)20-18(21)14-7-3-5-9-17(14)22-16-8-4-2-6-13(16)11-19/h2-9,12,15H,10H2,1H3,(H,20,21). The molecule has 0 spiro atoms. The molecule has 110 valence electrons. The Morgan fingerprint density at radius 3 is 2.50 bits per heavy atom. The highest BCUT2D eigenvalue weighted by atomic mass is 32.2. The first kappa shape index (κ1) is 14.7. The molecule has 2 atom stereocenters. The van der Waals surface area contributed by atoms with Gasteiger partial charge < -0.3 is 5.32 Å². The molecule has 0 saturated heterocycles. The lowest BCUT2D eigenvalue weighted by atomic mass is 10.2. The Bertz CT molecular complexity index is 751. The fourth-order valence-corrected chi connectivity index (χ4v) is 3.30. The zero-order chi connectivity index (χ0) is 15.5. The molecule has 1 aliphatic carbocycles. The van der Waals surface area contributed by atoms with Crippen molar-refractivity contribution in [1.82, 2.24) is 5.32 Å².